The van der Waals surface area contributed by atoms with Gasteiger partial charge in [-0.05, 0) is 41.5 Å². The summed E-state index contributed by atoms with van der Waals surface area (Å²) in [7, 11) is 0. The fourth-order valence-electron chi connectivity index (χ4n) is 1.77. The van der Waals surface area contributed by atoms with Gasteiger partial charge in [-0.1, -0.05) is 35.9 Å². The second-order valence-electron chi connectivity index (χ2n) is 4.63. The molecule has 0 aliphatic rings. The Bertz CT molecular complexity index is 804. The van der Waals surface area contributed by atoms with E-state index in [4.69, 9.17) is 11.6 Å². The van der Waals surface area contributed by atoms with Crippen LogP contribution in [0, 0.1) is 11.3 Å². The first kappa shape index (κ1) is 17.6. The van der Waals surface area contributed by atoms with Gasteiger partial charge in [0.05, 0.1) is 11.6 Å². The normalized spacial score (nSPS) is 11.7. The summed E-state index contributed by atoms with van der Waals surface area (Å²) in [5, 5.41) is 9.76. The minimum atomic E-state index is -5.05. The van der Waals surface area contributed by atoms with Gasteiger partial charge in [-0.25, -0.2) is 4.79 Å². The van der Waals surface area contributed by atoms with E-state index in [0.29, 0.717) is 21.7 Å². The molecule has 2 rings (SSSR count). The van der Waals surface area contributed by atoms with E-state index in [1.165, 1.54) is 24.3 Å². The zero-order valence-electron chi connectivity index (χ0n) is 12.0. The van der Waals surface area contributed by atoms with Crippen LogP contribution in [0.4, 0.5) is 13.2 Å². The van der Waals surface area contributed by atoms with Gasteiger partial charge in [-0.2, -0.15) is 18.4 Å². The lowest BCUT2D eigenvalue weighted by atomic mass is 10.0. The number of hydrogen-bond acceptors (Lipinski definition) is 3. The van der Waals surface area contributed by atoms with Gasteiger partial charge in [-0.3, -0.25) is 0 Å². The van der Waals surface area contributed by atoms with E-state index in [0.717, 1.165) is 0 Å². The number of benzene rings is 2. The molecule has 0 N–H and O–H groups in total. The third-order valence-electron chi connectivity index (χ3n) is 2.91. The van der Waals surface area contributed by atoms with Gasteiger partial charge >= 0.3 is 12.1 Å². The summed E-state index contributed by atoms with van der Waals surface area (Å²) >= 11 is 5.79. The molecule has 24 heavy (non-hydrogen) atoms. The predicted octanol–water partition coefficient (Wildman–Crippen LogP) is 4.87. The minimum Gasteiger partial charge on any atom is -0.420 e. The van der Waals surface area contributed by atoms with Crippen LogP contribution in [0.1, 0.15) is 11.1 Å². The van der Waals surface area contributed by atoms with E-state index >= 15 is 0 Å². The maximum absolute atomic E-state index is 12.1. The molecule has 0 heterocycles. The van der Waals surface area contributed by atoms with Gasteiger partial charge in [0.15, 0.2) is 0 Å². The van der Waals surface area contributed by atoms with Crippen LogP contribution in [0.25, 0.3) is 11.6 Å². The Hall–Kier alpha value is -2.78. The number of nitriles is 1. The first-order chi connectivity index (χ1) is 11.3. The number of alkyl halides is 3. The van der Waals surface area contributed by atoms with E-state index in [1.54, 1.807) is 30.3 Å². The van der Waals surface area contributed by atoms with Crippen LogP contribution in [-0.4, -0.2) is 12.1 Å². The minimum absolute atomic E-state index is 0.237. The second-order valence-corrected chi connectivity index (χ2v) is 5.07. The first-order valence-electron chi connectivity index (χ1n) is 6.56. The van der Waals surface area contributed by atoms with Crippen LogP contribution in [0.5, 0.6) is 5.75 Å². The van der Waals surface area contributed by atoms with Crippen LogP contribution >= 0.6 is 11.6 Å². The van der Waals surface area contributed by atoms with Crippen molar-refractivity contribution in [2.24, 2.45) is 0 Å². The number of rotatable bonds is 3. The van der Waals surface area contributed by atoms with Gasteiger partial charge in [0.2, 0.25) is 0 Å². The largest absolute Gasteiger partial charge is 0.491 e. The lowest BCUT2D eigenvalue weighted by Crippen LogP contribution is -2.27. The average molecular weight is 352 g/mol. The second kappa shape index (κ2) is 7.20. The predicted molar refractivity (Wildman–Crippen MR) is 83.1 cm³/mol. The fraction of sp³-hybridized carbons (Fsp3) is 0.0588. The Morgan fingerprint density at radius 2 is 1.67 bits per heavy atom. The molecule has 0 fully saturated rings. The lowest BCUT2D eigenvalue weighted by molar-refractivity contribution is -0.189. The van der Waals surface area contributed by atoms with Gasteiger partial charge in [0.25, 0.3) is 0 Å². The Morgan fingerprint density at radius 1 is 1.08 bits per heavy atom. The summed E-state index contributed by atoms with van der Waals surface area (Å²) in [6.07, 6.45) is -3.50. The highest BCUT2D eigenvalue weighted by Gasteiger charge is 2.41. The van der Waals surface area contributed by atoms with Crippen LogP contribution in [0.15, 0.2) is 48.5 Å². The third-order valence-corrected chi connectivity index (χ3v) is 3.16. The highest BCUT2D eigenvalue weighted by atomic mass is 35.5. The van der Waals surface area contributed by atoms with Crippen molar-refractivity contribution in [1.29, 1.82) is 5.26 Å². The summed E-state index contributed by atoms with van der Waals surface area (Å²) < 4.78 is 40.6. The van der Waals surface area contributed by atoms with Gasteiger partial charge < -0.3 is 4.74 Å². The highest BCUT2D eigenvalue weighted by Crippen LogP contribution is 2.23. The molecule has 0 saturated heterocycles. The molecule has 0 saturated carbocycles. The van der Waals surface area contributed by atoms with Gasteiger partial charge in [-0.15, -0.1) is 0 Å². The Labute approximate surface area is 140 Å². The molecule has 0 radical (unpaired) electrons. The molecule has 0 aliphatic heterocycles. The summed E-state index contributed by atoms with van der Waals surface area (Å²) in [6, 6.07) is 14.0. The topological polar surface area (TPSA) is 50.1 Å². The molecular weight excluding hydrogens is 343 g/mol. The Kier molecular flexibility index (Phi) is 5.27. The number of carbonyl (C=O) groups is 1. The van der Waals surface area contributed by atoms with Gasteiger partial charge in [0, 0.05) is 5.02 Å². The monoisotopic (exact) mass is 351 g/mol. The quantitative estimate of drug-likeness (QED) is 0.343. The number of carbonyl (C=O) groups excluding carboxylic acids is 1. The molecule has 3 nitrogen and oxygen atoms in total. The lowest BCUT2D eigenvalue weighted by Gasteiger charge is -2.07. The molecular formula is C17H9ClF3NO2. The molecule has 0 aromatic heterocycles. The number of allylic oxidation sites excluding steroid dienone is 1. The average Bonchev–Trinajstić information content (AvgIpc) is 2.54. The summed E-state index contributed by atoms with van der Waals surface area (Å²) in [5.74, 6) is -2.52. The van der Waals surface area contributed by atoms with Crippen molar-refractivity contribution in [1.82, 2.24) is 0 Å². The summed E-state index contributed by atoms with van der Waals surface area (Å²) in [6.45, 7) is 0. The molecule has 0 aliphatic carbocycles. The molecule has 0 bridgehead atoms. The maximum Gasteiger partial charge on any atom is 0.491 e. The number of hydrogen-bond donors (Lipinski definition) is 0. The molecule has 0 unspecified atom stereocenters. The molecule has 7 heteroatoms. The zero-order valence-corrected chi connectivity index (χ0v) is 12.7. The van der Waals surface area contributed by atoms with E-state index in [-0.39, 0.29) is 5.75 Å². The standard InChI is InChI=1S/C17H9ClF3NO2/c18-14-5-3-12(4-6-14)13(10-22)9-11-1-7-15(8-2-11)24-16(23)17(19,20)21/h1-9H/b13-9-. The van der Waals surface area contributed by atoms with E-state index in [1.807, 2.05) is 6.07 Å². The van der Waals surface area contributed by atoms with E-state index in [2.05, 4.69) is 4.74 Å². The van der Waals surface area contributed by atoms with Gasteiger partial charge in [0.1, 0.15) is 5.75 Å². The van der Waals surface area contributed by atoms with Crippen molar-refractivity contribution in [3.05, 3.63) is 64.7 Å². The smallest absolute Gasteiger partial charge is 0.420 e. The third kappa shape index (κ3) is 4.61. The van der Waals surface area contributed by atoms with Crippen molar-refractivity contribution < 1.29 is 22.7 Å². The molecule has 0 amide bonds. The van der Waals surface area contributed by atoms with Crippen molar-refractivity contribution >= 4 is 29.2 Å². The Balaban J connectivity index is 2.19. The van der Waals surface area contributed by atoms with E-state index in [9.17, 15) is 23.2 Å². The number of nitrogens with zero attached hydrogens (tertiary/aromatic N) is 1. The first-order valence-corrected chi connectivity index (χ1v) is 6.94. The number of esters is 1. The van der Waals surface area contributed by atoms with Crippen LogP contribution in [-0.2, 0) is 4.79 Å². The van der Waals surface area contributed by atoms with E-state index < -0.39 is 12.1 Å². The van der Waals surface area contributed by atoms with Crippen LogP contribution in [0.2, 0.25) is 5.02 Å². The summed E-state index contributed by atoms with van der Waals surface area (Å²) in [4.78, 5) is 10.7. The molecule has 122 valence electrons. The fourth-order valence-corrected chi connectivity index (χ4v) is 1.90. The zero-order chi connectivity index (χ0) is 17.7. The SMILES string of the molecule is N#C/C(=C/c1ccc(OC(=O)C(F)(F)F)cc1)c1ccc(Cl)cc1. The van der Waals surface area contributed by atoms with Crippen LogP contribution in [0.3, 0.4) is 0 Å². The van der Waals surface area contributed by atoms with Crippen molar-refractivity contribution in [2.75, 3.05) is 0 Å². The van der Waals surface area contributed by atoms with Crippen molar-refractivity contribution in [3.63, 3.8) is 0 Å². The van der Waals surface area contributed by atoms with Crippen molar-refractivity contribution in [3.8, 4) is 11.8 Å². The summed E-state index contributed by atoms with van der Waals surface area (Å²) in [5.41, 5.74) is 1.56. The van der Waals surface area contributed by atoms with Crippen molar-refractivity contribution in [2.45, 2.75) is 6.18 Å². The number of ether oxygens (including phenoxy) is 1. The molecule has 0 spiro atoms. The molecule has 2 aromatic rings. The maximum atomic E-state index is 12.1. The highest BCUT2D eigenvalue weighted by molar-refractivity contribution is 6.30. The Morgan fingerprint density at radius 3 is 2.17 bits per heavy atom. The molecule has 2 aromatic carbocycles. The molecule has 0 atom stereocenters. The number of halogens is 4. The van der Waals surface area contributed by atoms with Crippen LogP contribution < -0.4 is 4.74 Å².